The van der Waals surface area contributed by atoms with Crippen LogP contribution in [0, 0.1) is 10.2 Å². The molecular weight excluding hydrogens is 536 g/mol. The Morgan fingerprint density at radius 2 is 1.18 bits per heavy atom. The molecule has 7 heteroatoms. The summed E-state index contributed by atoms with van der Waals surface area (Å²) in [6.45, 7) is 0. The van der Waals surface area contributed by atoms with Crippen LogP contribution in [0.2, 0.25) is 0 Å². The topological polar surface area (TPSA) is 78.4 Å². The molecule has 0 saturated carbocycles. The molecule has 188 valence electrons. The van der Waals surface area contributed by atoms with Crippen LogP contribution in [0.15, 0.2) is 142 Å². The fourth-order valence-corrected chi connectivity index (χ4v) is 8.17. The van der Waals surface area contributed by atoms with Crippen LogP contribution >= 0.6 is 22.5 Å². The maximum atomic E-state index is 11.8. The third-order valence-corrected chi connectivity index (χ3v) is 9.75. The lowest BCUT2D eigenvalue weighted by molar-refractivity contribution is -1.91. The van der Waals surface area contributed by atoms with E-state index in [1.54, 1.807) is 11.8 Å². The molecule has 6 rings (SSSR count). The first-order chi connectivity index (χ1) is 18.5. The molecule has 0 amide bonds. The minimum atomic E-state index is -4.65. The molecule has 0 saturated heterocycles. The van der Waals surface area contributed by atoms with Gasteiger partial charge in [-0.25, -0.2) is 0 Å². The van der Waals surface area contributed by atoms with E-state index in [-0.39, 0.29) is 0 Å². The fourth-order valence-electron chi connectivity index (χ4n) is 4.57. The first-order valence-corrected chi connectivity index (χ1v) is 15.0. The highest BCUT2D eigenvalue weighted by Gasteiger charge is 2.31. The predicted molar refractivity (Wildman–Crippen MR) is 146 cm³/mol. The zero-order valence-corrected chi connectivity index (χ0v) is 22.3. The zero-order chi connectivity index (χ0) is 26.1. The van der Waals surface area contributed by atoms with Crippen molar-refractivity contribution in [2.75, 3.05) is 0 Å². The Balaban J connectivity index is 1.57. The van der Waals surface area contributed by atoms with Gasteiger partial charge in [-0.2, -0.15) is 14.0 Å². The molecule has 0 N–H and O–H groups in total. The Morgan fingerprint density at radius 3 is 1.84 bits per heavy atom. The molecule has 0 spiro atoms. The molecule has 1 unspecified atom stereocenters. The molecule has 4 nitrogen and oxygen atoms in total. The number of allylic oxidation sites excluding steroid dienone is 3. The minimum Gasteiger partial charge on any atom is -0.182 e. The van der Waals surface area contributed by atoms with Crippen molar-refractivity contribution < 1.29 is 28.0 Å². The Labute approximate surface area is 230 Å². The lowest BCUT2D eigenvalue weighted by atomic mass is 9.96. The van der Waals surface area contributed by atoms with Crippen LogP contribution in [0.1, 0.15) is 22.3 Å². The van der Waals surface area contributed by atoms with Crippen molar-refractivity contribution in [3.8, 4) is 0 Å². The van der Waals surface area contributed by atoms with Crippen molar-refractivity contribution in [2.24, 2.45) is 0 Å². The lowest BCUT2D eigenvalue weighted by Crippen LogP contribution is -2.60. The van der Waals surface area contributed by atoms with Crippen molar-refractivity contribution in [1.82, 2.24) is 0 Å². The highest BCUT2D eigenvalue weighted by atomic mass is 35.7. The van der Waals surface area contributed by atoms with E-state index in [2.05, 4.69) is 30.3 Å². The highest BCUT2D eigenvalue weighted by molar-refractivity contribution is 8.12. The van der Waals surface area contributed by atoms with Gasteiger partial charge in [-0.05, 0) is 63.8 Å². The van der Waals surface area contributed by atoms with Crippen molar-refractivity contribution in [2.45, 2.75) is 9.79 Å². The summed E-state index contributed by atoms with van der Waals surface area (Å²) in [6, 6.07) is 35.7. The monoisotopic (exact) mass is 556 g/mol. The second kappa shape index (κ2) is 10.5. The van der Waals surface area contributed by atoms with Crippen LogP contribution in [0.25, 0.3) is 11.1 Å². The van der Waals surface area contributed by atoms with Gasteiger partial charge < -0.3 is 0 Å². The summed E-state index contributed by atoms with van der Waals surface area (Å²) < 4.78 is 40.7. The summed E-state index contributed by atoms with van der Waals surface area (Å²) >= 11 is 1.60. The van der Waals surface area contributed by atoms with Crippen molar-refractivity contribution in [1.29, 1.82) is 0 Å². The summed E-state index contributed by atoms with van der Waals surface area (Å²) in [6.07, 6.45) is 5.98. The SMILES string of the molecule is [O-][Cl+3]([O-])([O-])OS1=C(/C=C2\C=C(c3ccccc3)c3ccccc3S2)C=C(c2ccccc2)c2ccccc21. The summed E-state index contributed by atoms with van der Waals surface area (Å²) in [5, 5.41) is 0. The van der Waals surface area contributed by atoms with Gasteiger partial charge in [0.05, 0.1) is 15.1 Å². The van der Waals surface area contributed by atoms with Gasteiger partial charge in [0, 0.05) is 14.7 Å². The standard InChI is InChI=1S/C31H21ClO4S2/c33-32(34,35)36-38-25(21-29(23-13-5-2-6-14-23)27-16-8-10-18-31(27)38)19-24-20-28(22-11-3-1-4-12-22)26-15-7-9-17-30(26)37-24/h1-21H/b24-19+. The normalized spacial score (nSPS) is 17.9. The molecule has 4 aromatic carbocycles. The molecule has 2 heterocycles. The quantitative estimate of drug-likeness (QED) is 0.258. The summed E-state index contributed by atoms with van der Waals surface area (Å²) in [5.74, 6) is 0. The summed E-state index contributed by atoms with van der Waals surface area (Å²) in [7, 11) is -6.08. The first-order valence-electron chi connectivity index (χ1n) is 11.8. The Kier molecular flexibility index (Phi) is 6.95. The van der Waals surface area contributed by atoms with Gasteiger partial charge in [-0.15, -0.1) is 0 Å². The molecule has 0 aromatic heterocycles. The number of thioether (sulfide) groups is 1. The van der Waals surface area contributed by atoms with Gasteiger partial charge in [0.15, 0.2) is 0 Å². The van der Waals surface area contributed by atoms with Crippen LogP contribution in [-0.4, -0.2) is 4.86 Å². The Hall–Kier alpha value is -3.20. The third-order valence-electron chi connectivity index (χ3n) is 6.16. The fraction of sp³-hybridized carbons (Fsp3) is 0. The molecule has 1 atom stereocenters. The van der Waals surface area contributed by atoms with Crippen molar-refractivity contribution in [3.63, 3.8) is 0 Å². The largest absolute Gasteiger partial charge is 0.182 e. The Morgan fingerprint density at radius 1 is 0.632 bits per heavy atom. The molecule has 38 heavy (non-hydrogen) atoms. The second-order valence-corrected chi connectivity index (χ2v) is 12.4. The highest BCUT2D eigenvalue weighted by Crippen LogP contribution is 2.46. The number of benzene rings is 4. The van der Waals surface area contributed by atoms with Gasteiger partial charge >= 0.3 is 0 Å². The van der Waals surface area contributed by atoms with E-state index in [0.29, 0.717) is 9.76 Å². The zero-order valence-electron chi connectivity index (χ0n) is 20.0. The molecule has 0 bridgehead atoms. The molecule has 0 aliphatic carbocycles. The van der Waals surface area contributed by atoms with E-state index in [1.807, 2.05) is 97.1 Å². The van der Waals surface area contributed by atoms with Crippen molar-refractivity contribution in [3.05, 3.63) is 155 Å². The van der Waals surface area contributed by atoms with E-state index < -0.39 is 21.0 Å². The molecule has 2 aliphatic heterocycles. The predicted octanol–water partition coefficient (Wildman–Crippen LogP) is 4.88. The third kappa shape index (κ3) is 5.21. The van der Waals surface area contributed by atoms with E-state index in [9.17, 15) is 14.0 Å². The Bertz CT molecular complexity index is 1640. The molecule has 2 aliphatic rings. The van der Waals surface area contributed by atoms with Crippen LogP contribution < -0.4 is 14.0 Å². The van der Waals surface area contributed by atoms with E-state index in [0.717, 1.165) is 43.2 Å². The summed E-state index contributed by atoms with van der Waals surface area (Å²) in [4.78, 5) is 3.28. The van der Waals surface area contributed by atoms with E-state index in [1.165, 1.54) is 0 Å². The number of halogens is 1. The average Bonchev–Trinajstić information content (AvgIpc) is 2.94. The van der Waals surface area contributed by atoms with Crippen molar-refractivity contribution >= 4 is 38.5 Å². The lowest BCUT2D eigenvalue weighted by Gasteiger charge is -2.23. The van der Waals surface area contributed by atoms with Gasteiger partial charge in [0.25, 0.3) is 0 Å². The number of rotatable bonds is 5. The maximum absolute atomic E-state index is 11.8. The van der Waals surface area contributed by atoms with Gasteiger partial charge in [-0.3, -0.25) is 0 Å². The molecular formula is C31H21ClO4S2. The second-order valence-electron chi connectivity index (χ2n) is 8.60. The molecule has 0 fully saturated rings. The first kappa shape index (κ1) is 25.1. The van der Waals surface area contributed by atoms with Crippen LogP contribution in [0.5, 0.6) is 0 Å². The van der Waals surface area contributed by atoms with E-state index >= 15 is 0 Å². The average molecular weight is 557 g/mol. The number of fused-ring (bicyclic) bond motifs is 2. The van der Waals surface area contributed by atoms with Crippen LogP contribution in [0.4, 0.5) is 0 Å². The number of hydrogen-bond donors (Lipinski definition) is 0. The van der Waals surface area contributed by atoms with Crippen LogP contribution in [0.3, 0.4) is 0 Å². The van der Waals surface area contributed by atoms with E-state index in [4.69, 9.17) is 3.74 Å². The molecule has 0 radical (unpaired) electrons. The smallest absolute Gasteiger partial charge is 0.147 e. The van der Waals surface area contributed by atoms with Gasteiger partial charge in [0.1, 0.15) is 14.5 Å². The number of hydrogen-bond acceptors (Lipinski definition) is 5. The van der Waals surface area contributed by atoms with Gasteiger partial charge in [0.2, 0.25) is 0 Å². The van der Waals surface area contributed by atoms with Gasteiger partial charge in [-0.1, -0.05) is 109 Å². The maximum Gasteiger partial charge on any atom is 0.147 e. The molecule has 4 aromatic rings. The summed E-state index contributed by atoms with van der Waals surface area (Å²) in [5.41, 5.74) is 6.06. The minimum absolute atomic E-state index is 0.611. The van der Waals surface area contributed by atoms with Crippen LogP contribution in [-0.2, 0) is 3.74 Å².